The number of imidazole rings is 1. The van der Waals surface area contributed by atoms with Crippen LogP contribution in [0.5, 0.6) is 5.75 Å². The molecule has 1 aromatic heterocycles. The molecule has 0 atom stereocenters. The van der Waals surface area contributed by atoms with Crippen LogP contribution in [0.1, 0.15) is 0 Å². The second-order valence-corrected chi connectivity index (χ2v) is 4.43. The number of nitrogens with zero attached hydrogens (tertiary/aromatic N) is 1. The lowest BCUT2D eigenvalue weighted by Gasteiger charge is -2.07. The number of aromatic nitrogens is 2. The molecule has 0 aliphatic rings. The summed E-state index contributed by atoms with van der Waals surface area (Å²) >= 11 is 0. The average Bonchev–Trinajstić information content (AvgIpc) is 2.94. The highest BCUT2D eigenvalue weighted by molar-refractivity contribution is 5.93. The fourth-order valence-electron chi connectivity index (χ4n) is 1.89. The summed E-state index contributed by atoms with van der Waals surface area (Å²) in [6.45, 7) is -0.146. The number of nitrogens with one attached hydrogen (secondary N) is 2. The van der Waals surface area contributed by atoms with E-state index in [9.17, 15) is 9.18 Å². The first-order valence-corrected chi connectivity index (χ1v) is 6.32. The molecule has 0 saturated heterocycles. The van der Waals surface area contributed by atoms with Crippen molar-refractivity contribution in [3.05, 3.63) is 54.6 Å². The van der Waals surface area contributed by atoms with E-state index in [-0.39, 0.29) is 18.3 Å². The number of aromatic amines is 1. The summed E-state index contributed by atoms with van der Waals surface area (Å²) in [6.07, 6.45) is 1.59. The number of hydrogen-bond acceptors (Lipinski definition) is 3. The lowest BCUT2D eigenvalue weighted by atomic mass is 10.3. The highest BCUT2D eigenvalue weighted by atomic mass is 19.1. The SMILES string of the molecule is O=C(COc1ccc(F)cc1)Nc1ccc2nc[nH]c2c1. The first-order valence-electron chi connectivity index (χ1n) is 6.32. The first-order chi connectivity index (χ1) is 10.2. The van der Waals surface area contributed by atoms with Crippen molar-refractivity contribution < 1.29 is 13.9 Å². The van der Waals surface area contributed by atoms with E-state index in [2.05, 4.69) is 15.3 Å². The fraction of sp³-hybridized carbons (Fsp3) is 0.0667. The topological polar surface area (TPSA) is 67.0 Å². The maximum absolute atomic E-state index is 12.7. The Morgan fingerprint density at radius 1 is 1.24 bits per heavy atom. The molecule has 0 aliphatic heterocycles. The molecule has 5 nitrogen and oxygen atoms in total. The molecule has 3 aromatic rings. The Bertz CT molecular complexity index is 768. The Kier molecular flexibility index (Phi) is 3.51. The van der Waals surface area contributed by atoms with Crippen molar-refractivity contribution in [3.8, 4) is 5.75 Å². The number of carbonyl (C=O) groups is 1. The molecule has 1 amide bonds. The standard InChI is InChI=1S/C15H12FN3O2/c16-10-1-4-12(5-2-10)21-8-15(20)19-11-3-6-13-14(7-11)18-9-17-13/h1-7,9H,8H2,(H,17,18)(H,19,20). The summed E-state index contributed by atoms with van der Waals surface area (Å²) < 4.78 is 18.0. The van der Waals surface area contributed by atoms with E-state index >= 15 is 0 Å². The molecule has 6 heteroatoms. The minimum atomic E-state index is -0.348. The van der Waals surface area contributed by atoms with E-state index < -0.39 is 0 Å². The van der Waals surface area contributed by atoms with Gasteiger partial charge in [0.25, 0.3) is 5.91 Å². The lowest BCUT2D eigenvalue weighted by Crippen LogP contribution is -2.20. The zero-order chi connectivity index (χ0) is 14.7. The Labute approximate surface area is 119 Å². The normalized spacial score (nSPS) is 10.5. The van der Waals surface area contributed by atoms with Gasteiger partial charge in [-0.2, -0.15) is 0 Å². The molecule has 1 heterocycles. The summed E-state index contributed by atoms with van der Waals surface area (Å²) in [6, 6.07) is 10.9. The van der Waals surface area contributed by atoms with Gasteiger partial charge in [-0.25, -0.2) is 9.37 Å². The second kappa shape index (κ2) is 5.62. The van der Waals surface area contributed by atoms with Gasteiger partial charge in [-0.05, 0) is 42.5 Å². The zero-order valence-corrected chi connectivity index (χ0v) is 11.0. The van der Waals surface area contributed by atoms with E-state index in [1.807, 2.05) is 6.07 Å². The van der Waals surface area contributed by atoms with Crippen molar-refractivity contribution in [1.82, 2.24) is 9.97 Å². The summed E-state index contributed by atoms with van der Waals surface area (Å²) in [5.74, 6) is -0.201. The van der Waals surface area contributed by atoms with Gasteiger partial charge in [0, 0.05) is 5.69 Å². The largest absolute Gasteiger partial charge is 0.484 e. The Balaban J connectivity index is 1.59. The van der Waals surface area contributed by atoms with Crippen LogP contribution < -0.4 is 10.1 Å². The number of hydrogen-bond donors (Lipinski definition) is 2. The zero-order valence-electron chi connectivity index (χ0n) is 11.0. The monoisotopic (exact) mass is 285 g/mol. The van der Waals surface area contributed by atoms with Gasteiger partial charge in [-0.1, -0.05) is 0 Å². The molecule has 3 rings (SSSR count). The van der Waals surface area contributed by atoms with Crippen LogP contribution in [-0.2, 0) is 4.79 Å². The van der Waals surface area contributed by atoms with E-state index in [0.717, 1.165) is 11.0 Å². The van der Waals surface area contributed by atoms with Gasteiger partial charge >= 0.3 is 0 Å². The third kappa shape index (κ3) is 3.17. The number of carbonyl (C=O) groups excluding carboxylic acids is 1. The Morgan fingerprint density at radius 2 is 2.05 bits per heavy atom. The van der Waals surface area contributed by atoms with Crippen LogP contribution in [0, 0.1) is 5.82 Å². The highest BCUT2D eigenvalue weighted by Crippen LogP contribution is 2.16. The number of amides is 1. The maximum Gasteiger partial charge on any atom is 0.262 e. The molecule has 0 bridgehead atoms. The van der Waals surface area contributed by atoms with Gasteiger partial charge in [0.05, 0.1) is 17.4 Å². The molecule has 0 saturated carbocycles. The molecule has 21 heavy (non-hydrogen) atoms. The number of H-pyrrole nitrogens is 1. The fourth-order valence-corrected chi connectivity index (χ4v) is 1.89. The molecule has 2 N–H and O–H groups in total. The number of halogens is 1. The number of rotatable bonds is 4. The second-order valence-electron chi connectivity index (χ2n) is 4.43. The van der Waals surface area contributed by atoms with Crippen molar-refractivity contribution >= 4 is 22.6 Å². The van der Waals surface area contributed by atoms with E-state index in [1.165, 1.54) is 24.3 Å². The summed E-state index contributed by atoms with van der Waals surface area (Å²) in [5.41, 5.74) is 2.32. The molecule has 2 aromatic carbocycles. The van der Waals surface area contributed by atoms with Crippen molar-refractivity contribution in [2.75, 3.05) is 11.9 Å². The molecule has 0 radical (unpaired) electrons. The Morgan fingerprint density at radius 3 is 2.86 bits per heavy atom. The van der Waals surface area contributed by atoms with Crippen molar-refractivity contribution in [2.45, 2.75) is 0 Å². The van der Waals surface area contributed by atoms with Gasteiger partial charge in [-0.15, -0.1) is 0 Å². The summed E-state index contributed by atoms with van der Waals surface area (Å²) in [7, 11) is 0. The number of benzene rings is 2. The van der Waals surface area contributed by atoms with Crippen molar-refractivity contribution in [3.63, 3.8) is 0 Å². The smallest absolute Gasteiger partial charge is 0.262 e. The third-order valence-corrected chi connectivity index (χ3v) is 2.89. The minimum Gasteiger partial charge on any atom is -0.484 e. The van der Waals surface area contributed by atoms with Gasteiger partial charge in [0.15, 0.2) is 6.61 Å². The molecule has 106 valence electrons. The van der Waals surface area contributed by atoms with Crippen molar-refractivity contribution in [2.24, 2.45) is 0 Å². The van der Waals surface area contributed by atoms with Crippen LogP contribution in [0.2, 0.25) is 0 Å². The van der Waals surface area contributed by atoms with Crippen LogP contribution in [-0.4, -0.2) is 22.5 Å². The van der Waals surface area contributed by atoms with Crippen LogP contribution in [0.3, 0.4) is 0 Å². The molecular formula is C15H12FN3O2. The van der Waals surface area contributed by atoms with Crippen LogP contribution in [0.4, 0.5) is 10.1 Å². The van der Waals surface area contributed by atoms with Crippen LogP contribution in [0.15, 0.2) is 48.8 Å². The Hall–Kier alpha value is -2.89. The first kappa shape index (κ1) is 13.1. The molecular weight excluding hydrogens is 273 g/mol. The summed E-state index contributed by atoms with van der Waals surface area (Å²) in [5, 5.41) is 2.72. The molecule has 0 aliphatic carbocycles. The number of ether oxygens (including phenoxy) is 1. The van der Waals surface area contributed by atoms with Crippen LogP contribution in [0.25, 0.3) is 11.0 Å². The molecule has 0 spiro atoms. The quantitative estimate of drug-likeness (QED) is 0.774. The van der Waals surface area contributed by atoms with Gasteiger partial charge in [-0.3, -0.25) is 4.79 Å². The maximum atomic E-state index is 12.7. The van der Waals surface area contributed by atoms with Gasteiger partial charge < -0.3 is 15.0 Å². The average molecular weight is 285 g/mol. The van der Waals surface area contributed by atoms with Crippen LogP contribution >= 0.6 is 0 Å². The van der Waals surface area contributed by atoms with Gasteiger partial charge in [0.1, 0.15) is 11.6 Å². The highest BCUT2D eigenvalue weighted by Gasteiger charge is 2.05. The van der Waals surface area contributed by atoms with E-state index in [1.54, 1.807) is 18.5 Å². The number of fused-ring (bicyclic) bond motifs is 1. The predicted octanol–water partition coefficient (Wildman–Crippen LogP) is 2.72. The third-order valence-electron chi connectivity index (χ3n) is 2.89. The van der Waals surface area contributed by atoms with E-state index in [0.29, 0.717) is 11.4 Å². The van der Waals surface area contributed by atoms with Gasteiger partial charge in [0.2, 0.25) is 0 Å². The van der Waals surface area contributed by atoms with E-state index in [4.69, 9.17) is 4.74 Å². The minimum absolute atomic E-state index is 0.146. The number of anilines is 1. The summed E-state index contributed by atoms with van der Waals surface area (Å²) in [4.78, 5) is 18.9. The predicted molar refractivity (Wildman–Crippen MR) is 76.6 cm³/mol. The molecule has 0 unspecified atom stereocenters. The van der Waals surface area contributed by atoms with Crippen molar-refractivity contribution in [1.29, 1.82) is 0 Å². The molecule has 0 fully saturated rings. The lowest BCUT2D eigenvalue weighted by molar-refractivity contribution is -0.118.